The molecule has 5 nitrogen and oxygen atoms in total. The maximum atomic E-state index is 12.2. The molecule has 0 radical (unpaired) electrons. The second-order valence-electron chi connectivity index (χ2n) is 5.77. The number of carbonyl (C=O) groups excluding carboxylic acids is 1. The predicted molar refractivity (Wildman–Crippen MR) is 97.1 cm³/mol. The Morgan fingerprint density at radius 2 is 1.88 bits per heavy atom. The molecule has 24 heavy (non-hydrogen) atoms. The summed E-state index contributed by atoms with van der Waals surface area (Å²) in [6.07, 6.45) is 6.76. The van der Waals surface area contributed by atoms with E-state index < -0.39 is 0 Å². The van der Waals surface area contributed by atoms with Crippen molar-refractivity contribution < 1.29 is 4.79 Å². The van der Waals surface area contributed by atoms with E-state index in [1.807, 2.05) is 18.2 Å². The van der Waals surface area contributed by atoms with Gasteiger partial charge < -0.3 is 10.6 Å². The summed E-state index contributed by atoms with van der Waals surface area (Å²) in [5.41, 5.74) is 1.69. The van der Waals surface area contributed by atoms with Crippen LogP contribution in [0.15, 0.2) is 42.7 Å². The van der Waals surface area contributed by atoms with Crippen molar-refractivity contribution in [2.24, 2.45) is 0 Å². The summed E-state index contributed by atoms with van der Waals surface area (Å²) in [6, 6.07) is 12.0. The molecule has 1 amide bonds. The molecule has 2 N–H and O–H groups in total. The van der Waals surface area contributed by atoms with Gasteiger partial charge in [0.25, 0.3) is 5.91 Å². The normalized spacial score (nSPS) is 10.4. The van der Waals surface area contributed by atoms with Gasteiger partial charge in [-0.25, -0.2) is 9.97 Å². The fraction of sp³-hybridized carbons (Fsp3) is 0.421. The maximum absolute atomic E-state index is 12.2. The van der Waals surface area contributed by atoms with Crippen molar-refractivity contribution in [1.82, 2.24) is 15.3 Å². The number of anilines is 1. The van der Waals surface area contributed by atoms with Crippen molar-refractivity contribution >= 4 is 11.7 Å². The molecular weight excluding hydrogens is 300 g/mol. The van der Waals surface area contributed by atoms with Crippen LogP contribution in [0.3, 0.4) is 0 Å². The van der Waals surface area contributed by atoms with Crippen molar-refractivity contribution in [3.63, 3.8) is 0 Å². The van der Waals surface area contributed by atoms with Gasteiger partial charge in [-0.15, -0.1) is 0 Å². The van der Waals surface area contributed by atoms with Crippen molar-refractivity contribution in [2.45, 2.75) is 39.0 Å². The molecule has 0 saturated heterocycles. The molecule has 1 aromatic carbocycles. The molecule has 5 heteroatoms. The number of nitrogens with one attached hydrogen (secondary N) is 2. The molecule has 1 aromatic heterocycles. The van der Waals surface area contributed by atoms with E-state index in [1.165, 1.54) is 24.7 Å². The first kappa shape index (κ1) is 17.9. The molecule has 128 valence electrons. The van der Waals surface area contributed by atoms with Crippen LogP contribution < -0.4 is 10.6 Å². The lowest BCUT2D eigenvalue weighted by atomic mass is 10.1. The van der Waals surface area contributed by atoms with Crippen LogP contribution >= 0.6 is 0 Å². The van der Waals surface area contributed by atoms with Gasteiger partial charge in [-0.3, -0.25) is 4.79 Å². The summed E-state index contributed by atoms with van der Waals surface area (Å²) in [5.74, 6) is 0.553. The third-order valence-corrected chi connectivity index (χ3v) is 3.76. The second-order valence-corrected chi connectivity index (χ2v) is 5.77. The summed E-state index contributed by atoms with van der Waals surface area (Å²) in [6.45, 7) is 3.67. The van der Waals surface area contributed by atoms with Gasteiger partial charge in [0.15, 0.2) is 0 Å². The highest BCUT2D eigenvalue weighted by Crippen LogP contribution is 2.05. The summed E-state index contributed by atoms with van der Waals surface area (Å²) in [7, 11) is 0. The molecule has 0 atom stereocenters. The highest BCUT2D eigenvalue weighted by atomic mass is 16.1. The Labute approximate surface area is 143 Å². The van der Waals surface area contributed by atoms with Crippen LogP contribution in [-0.2, 0) is 6.42 Å². The Kier molecular flexibility index (Phi) is 7.74. The minimum Gasteiger partial charge on any atom is -0.370 e. The Bertz CT molecular complexity index is 616. The van der Waals surface area contributed by atoms with Crippen molar-refractivity contribution in [3.05, 3.63) is 54.0 Å². The number of rotatable bonds is 10. The second kappa shape index (κ2) is 10.4. The average molecular weight is 326 g/mol. The van der Waals surface area contributed by atoms with Gasteiger partial charge in [0.2, 0.25) is 0 Å². The lowest BCUT2D eigenvalue weighted by molar-refractivity contribution is 0.0948. The van der Waals surface area contributed by atoms with Crippen LogP contribution in [0.25, 0.3) is 0 Å². The fourth-order valence-corrected chi connectivity index (χ4v) is 2.40. The largest absolute Gasteiger partial charge is 0.370 e. The number of aryl methyl sites for hydroxylation is 1. The maximum Gasteiger partial charge on any atom is 0.270 e. The van der Waals surface area contributed by atoms with Gasteiger partial charge in [-0.05, 0) is 24.8 Å². The number of benzene rings is 1. The van der Waals surface area contributed by atoms with Crippen LogP contribution in [0.4, 0.5) is 5.82 Å². The Balaban J connectivity index is 1.73. The molecule has 0 unspecified atom stereocenters. The molecule has 2 aromatic rings. The monoisotopic (exact) mass is 326 g/mol. The first-order valence-corrected chi connectivity index (χ1v) is 8.67. The number of carbonyl (C=O) groups is 1. The third kappa shape index (κ3) is 6.36. The lowest BCUT2D eigenvalue weighted by Gasteiger charge is -2.07. The predicted octanol–water partition coefficient (Wildman–Crippen LogP) is 3.44. The fourth-order valence-electron chi connectivity index (χ4n) is 2.40. The summed E-state index contributed by atoms with van der Waals surface area (Å²) < 4.78 is 0. The minimum absolute atomic E-state index is 0.151. The van der Waals surface area contributed by atoms with Crippen LogP contribution in [0, 0.1) is 0 Å². The molecule has 0 bridgehead atoms. The topological polar surface area (TPSA) is 66.9 Å². The number of hydrogen-bond donors (Lipinski definition) is 2. The molecular formula is C19H26N4O. The van der Waals surface area contributed by atoms with E-state index in [0.29, 0.717) is 18.1 Å². The summed E-state index contributed by atoms with van der Waals surface area (Å²) in [5, 5.41) is 6.15. The van der Waals surface area contributed by atoms with Gasteiger partial charge in [0.05, 0.1) is 0 Å². The van der Waals surface area contributed by atoms with E-state index in [4.69, 9.17) is 0 Å². The summed E-state index contributed by atoms with van der Waals surface area (Å²) in [4.78, 5) is 20.4. The van der Waals surface area contributed by atoms with E-state index in [2.05, 4.69) is 39.7 Å². The van der Waals surface area contributed by atoms with Crippen molar-refractivity contribution in [1.29, 1.82) is 0 Å². The van der Waals surface area contributed by atoms with Crippen LogP contribution in [-0.4, -0.2) is 29.0 Å². The molecule has 0 spiro atoms. The zero-order chi connectivity index (χ0) is 17.0. The Morgan fingerprint density at radius 1 is 1.04 bits per heavy atom. The van der Waals surface area contributed by atoms with Crippen LogP contribution in [0.2, 0.25) is 0 Å². The number of unbranched alkanes of at least 4 members (excludes halogenated alkanes) is 2. The molecule has 2 rings (SSSR count). The van der Waals surface area contributed by atoms with E-state index in [0.717, 1.165) is 25.8 Å². The standard InChI is InChI=1S/C19H26N4O/c1-2-3-7-12-20-18-14-17(22-15-23-18)19(24)21-13-8-11-16-9-5-4-6-10-16/h4-6,9-10,14-15H,2-3,7-8,11-13H2,1H3,(H,21,24)(H,20,22,23). The zero-order valence-corrected chi connectivity index (χ0v) is 14.3. The highest BCUT2D eigenvalue weighted by molar-refractivity contribution is 5.92. The molecule has 0 saturated carbocycles. The Morgan fingerprint density at radius 3 is 2.67 bits per heavy atom. The number of hydrogen-bond acceptors (Lipinski definition) is 4. The van der Waals surface area contributed by atoms with Gasteiger partial charge in [-0.2, -0.15) is 0 Å². The van der Waals surface area contributed by atoms with E-state index in [-0.39, 0.29) is 5.91 Å². The number of nitrogens with zero attached hydrogens (tertiary/aromatic N) is 2. The molecule has 1 heterocycles. The van der Waals surface area contributed by atoms with E-state index >= 15 is 0 Å². The Hall–Kier alpha value is -2.43. The number of aromatic nitrogens is 2. The van der Waals surface area contributed by atoms with Crippen LogP contribution in [0.1, 0.15) is 48.7 Å². The van der Waals surface area contributed by atoms with E-state index in [1.54, 1.807) is 6.07 Å². The molecule has 0 aliphatic rings. The van der Waals surface area contributed by atoms with Crippen molar-refractivity contribution in [2.75, 3.05) is 18.4 Å². The van der Waals surface area contributed by atoms with Gasteiger partial charge in [-0.1, -0.05) is 50.1 Å². The quantitative estimate of drug-likeness (QED) is 0.656. The SMILES string of the molecule is CCCCCNc1cc(C(=O)NCCCc2ccccc2)ncn1. The van der Waals surface area contributed by atoms with E-state index in [9.17, 15) is 4.79 Å². The first-order valence-electron chi connectivity index (χ1n) is 8.67. The van der Waals surface area contributed by atoms with Gasteiger partial charge in [0, 0.05) is 19.2 Å². The van der Waals surface area contributed by atoms with Crippen LogP contribution in [0.5, 0.6) is 0 Å². The molecule has 0 fully saturated rings. The minimum atomic E-state index is -0.151. The molecule has 0 aliphatic heterocycles. The van der Waals surface area contributed by atoms with Crippen molar-refractivity contribution in [3.8, 4) is 0 Å². The number of amides is 1. The first-order chi connectivity index (χ1) is 11.8. The zero-order valence-electron chi connectivity index (χ0n) is 14.3. The summed E-state index contributed by atoms with van der Waals surface area (Å²) >= 11 is 0. The highest BCUT2D eigenvalue weighted by Gasteiger charge is 2.08. The molecule has 0 aliphatic carbocycles. The third-order valence-electron chi connectivity index (χ3n) is 3.76. The lowest BCUT2D eigenvalue weighted by Crippen LogP contribution is -2.26. The van der Waals surface area contributed by atoms with Gasteiger partial charge in [0.1, 0.15) is 17.8 Å². The smallest absolute Gasteiger partial charge is 0.270 e. The average Bonchev–Trinajstić information content (AvgIpc) is 2.63. The van der Waals surface area contributed by atoms with Gasteiger partial charge >= 0.3 is 0 Å².